The lowest BCUT2D eigenvalue weighted by atomic mass is 9.71. The summed E-state index contributed by atoms with van der Waals surface area (Å²) in [6, 6.07) is 15.4. The van der Waals surface area contributed by atoms with E-state index >= 15 is 0 Å². The number of carbonyl (C=O) groups excluding carboxylic acids is 1. The minimum atomic E-state index is -0.273. The molecule has 0 saturated carbocycles. The van der Waals surface area contributed by atoms with E-state index in [0.717, 1.165) is 62.4 Å². The van der Waals surface area contributed by atoms with Crippen molar-refractivity contribution >= 4 is 17.4 Å². The number of para-hydroxylation sites is 1. The fourth-order valence-electron chi connectivity index (χ4n) is 4.48. The van der Waals surface area contributed by atoms with E-state index in [0.29, 0.717) is 12.2 Å². The molecule has 2 saturated heterocycles. The number of amides is 1. The quantitative estimate of drug-likeness (QED) is 0.834. The molecule has 0 atom stereocenters. The minimum Gasteiger partial charge on any atom is -0.398 e. The summed E-state index contributed by atoms with van der Waals surface area (Å²) in [6.07, 6.45) is 3.63. The topological polar surface area (TPSA) is 86.3 Å². The summed E-state index contributed by atoms with van der Waals surface area (Å²) >= 11 is 0. The molecule has 28 heavy (non-hydrogen) atoms. The van der Waals surface area contributed by atoms with Crippen molar-refractivity contribution in [3.8, 4) is 6.07 Å². The van der Waals surface area contributed by atoms with Crippen molar-refractivity contribution in [3.63, 3.8) is 0 Å². The van der Waals surface area contributed by atoms with E-state index in [-0.39, 0.29) is 11.3 Å². The van der Waals surface area contributed by atoms with E-state index in [9.17, 15) is 4.79 Å². The zero-order chi connectivity index (χ0) is 19.6. The molecule has 2 N–H and O–H groups in total. The first kappa shape index (κ1) is 18.3. The molecule has 2 fully saturated rings. The molecule has 0 aliphatic carbocycles. The number of nitrogen functional groups attached to an aromatic ring is 1. The van der Waals surface area contributed by atoms with Crippen LogP contribution < -0.4 is 10.6 Å². The first-order valence-electron chi connectivity index (χ1n) is 9.86. The Bertz CT molecular complexity index is 911. The predicted molar refractivity (Wildman–Crippen MR) is 108 cm³/mol. The summed E-state index contributed by atoms with van der Waals surface area (Å²) in [5.74, 6) is 1.09. The Balaban J connectivity index is 1.46. The summed E-state index contributed by atoms with van der Waals surface area (Å²) in [5, 5.41) is 9.07. The molecule has 4 rings (SSSR count). The van der Waals surface area contributed by atoms with Crippen molar-refractivity contribution in [2.45, 2.75) is 32.2 Å². The summed E-state index contributed by atoms with van der Waals surface area (Å²) in [4.78, 5) is 21.9. The van der Waals surface area contributed by atoms with Gasteiger partial charge in [-0.3, -0.25) is 4.79 Å². The Morgan fingerprint density at radius 1 is 1.07 bits per heavy atom. The molecule has 0 unspecified atom stereocenters. The van der Waals surface area contributed by atoms with E-state index in [1.165, 1.54) is 0 Å². The molecule has 3 heterocycles. The summed E-state index contributed by atoms with van der Waals surface area (Å²) in [6.45, 7) is 2.96. The maximum Gasteiger partial charge on any atom is 0.229 e. The fourth-order valence-corrected chi connectivity index (χ4v) is 4.48. The van der Waals surface area contributed by atoms with Gasteiger partial charge in [-0.2, -0.15) is 5.26 Å². The van der Waals surface area contributed by atoms with E-state index < -0.39 is 0 Å². The predicted octanol–water partition coefficient (Wildman–Crippen LogP) is 2.94. The van der Waals surface area contributed by atoms with E-state index in [1.807, 2.05) is 41.3 Å². The Labute approximate surface area is 165 Å². The number of nitriles is 1. The SMILES string of the molecule is N#Cc1cccc(N2CCC3(CCCN(Cc4ccccc4N)C3=O)CC2)n1. The van der Waals surface area contributed by atoms with Crippen LogP contribution in [0.4, 0.5) is 11.5 Å². The van der Waals surface area contributed by atoms with Crippen LogP contribution in [-0.4, -0.2) is 35.4 Å². The lowest BCUT2D eigenvalue weighted by Gasteiger charge is -2.46. The lowest BCUT2D eigenvalue weighted by molar-refractivity contribution is -0.148. The van der Waals surface area contributed by atoms with E-state index in [1.54, 1.807) is 6.07 Å². The zero-order valence-electron chi connectivity index (χ0n) is 16.0. The van der Waals surface area contributed by atoms with E-state index in [2.05, 4.69) is 16.0 Å². The van der Waals surface area contributed by atoms with Gasteiger partial charge in [-0.15, -0.1) is 0 Å². The second-order valence-corrected chi connectivity index (χ2v) is 7.79. The number of anilines is 2. The number of nitrogens with two attached hydrogens (primary N) is 1. The number of aromatic nitrogens is 1. The molecule has 1 aromatic carbocycles. The van der Waals surface area contributed by atoms with Gasteiger partial charge in [-0.25, -0.2) is 4.98 Å². The van der Waals surface area contributed by atoms with Gasteiger partial charge < -0.3 is 15.5 Å². The lowest BCUT2D eigenvalue weighted by Crippen LogP contribution is -2.53. The Kier molecular flexibility index (Phi) is 4.91. The van der Waals surface area contributed by atoms with Gasteiger partial charge in [0.1, 0.15) is 17.6 Å². The molecule has 2 aliphatic rings. The number of carbonyl (C=O) groups is 1. The zero-order valence-corrected chi connectivity index (χ0v) is 16.0. The molecule has 1 aromatic heterocycles. The highest BCUT2D eigenvalue weighted by Gasteiger charge is 2.45. The van der Waals surface area contributed by atoms with Crippen molar-refractivity contribution in [2.24, 2.45) is 5.41 Å². The number of benzene rings is 1. The number of hydrogen-bond donors (Lipinski definition) is 1. The molecule has 2 aromatic rings. The summed E-state index contributed by atoms with van der Waals surface area (Å²) < 4.78 is 0. The van der Waals surface area contributed by atoms with Gasteiger partial charge in [0.25, 0.3) is 0 Å². The van der Waals surface area contributed by atoms with E-state index in [4.69, 9.17) is 11.0 Å². The number of pyridine rings is 1. The third kappa shape index (κ3) is 3.40. The van der Waals surface area contributed by atoms with Crippen LogP contribution in [0.5, 0.6) is 0 Å². The average Bonchev–Trinajstić information content (AvgIpc) is 2.74. The van der Waals surface area contributed by atoms with Crippen LogP contribution in [-0.2, 0) is 11.3 Å². The second-order valence-electron chi connectivity index (χ2n) is 7.79. The van der Waals surface area contributed by atoms with Crippen LogP contribution in [0.3, 0.4) is 0 Å². The van der Waals surface area contributed by atoms with Gasteiger partial charge in [0.05, 0.1) is 5.41 Å². The molecule has 6 heteroatoms. The molecule has 1 amide bonds. The molecule has 2 aliphatic heterocycles. The minimum absolute atomic E-state index is 0.264. The number of hydrogen-bond acceptors (Lipinski definition) is 5. The number of piperidine rings is 2. The molecular formula is C22H25N5O. The average molecular weight is 375 g/mol. The molecular weight excluding hydrogens is 350 g/mol. The highest BCUT2D eigenvalue weighted by molar-refractivity contribution is 5.84. The van der Waals surface area contributed by atoms with Crippen LogP contribution in [0.1, 0.15) is 36.9 Å². The van der Waals surface area contributed by atoms with Crippen molar-refractivity contribution in [1.82, 2.24) is 9.88 Å². The molecule has 0 radical (unpaired) electrons. The van der Waals surface area contributed by atoms with Gasteiger partial charge in [0.15, 0.2) is 0 Å². The van der Waals surface area contributed by atoms with Gasteiger partial charge in [-0.1, -0.05) is 24.3 Å². The number of nitrogens with zero attached hydrogens (tertiary/aromatic N) is 4. The second kappa shape index (κ2) is 7.51. The summed E-state index contributed by atoms with van der Waals surface area (Å²) in [7, 11) is 0. The molecule has 0 bridgehead atoms. The standard InChI is InChI=1S/C22H25N5O/c23-15-18-6-3-8-20(25-18)26-13-10-22(11-14-26)9-4-12-27(21(22)28)16-17-5-1-2-7-19(17)24/h1-3,5-8H,4,9-14,16,24H2. The third-order valence-corrected chi connectivity index (χ3v) is 6.13. The first-order valence-corrected chi connectivity index (χ1v) is 9.86. The van der Waals surface area contributed by atoms with Crippen molar-refractivity contribution < 1.29 is 4.79 Å². The maximum atomic E-state index is 13.4. The van der Waals surface area contributed by atoms with Crippen LogP contribution >= 0.6 is 0 Å². The van der Waals surface area contributed by atoms with Crippen molar-refractivity contribution in [1.29, 1.82) is 5.26 Å². The number of likely N-dealkylation sites (tertiary alicyclic amines) is 1. The van der Waals surface area contributed by atoms with Crippen molar-refractivity contribution in [3.05, 3.63) is 53.7 Å². The molecule has 6 nitrogen and oxygen atoms in total. The smallest absolute Gasteiger partial charge is 0.229 e. The van der Waals surface area contributed by atoms with Crippen molar-refractivity contribution in [2.75, 3.05) is 30.3 Å². The van der Waals surface area contributed by atoms with Gasteiger partial charge in [0, 0.05) is 31.9 Å². The Hall–Kier alpha value is -3.07. The highest BCUT2D eigenvalue weighted by Crippen LogP contribution is 2.42. The monoisotopic (exact) mass is 375 g/mol. The van der Waals surface area contributed by atoms with Crippen LogP contribution in [0.15, 0.2) is 42.5 Å². The van der Waals surface area contributed by atoms with Crippen LogP contribution in [0, 0.1) is 16.7 Å². The van der Waals surface area contributed by atoms with Gasteiger partial charge in [0.2, 0.25) is 5.91 Å². The molecule has 144 valence electrons. The van der Waals surface area contributed by atoms with Crippen LogP contribution in [0.2, 0.25) is 0 Å². The maximum absolute atomic E-state index is 13.4. The summed E-state index contributed by atoms with van der Waals surface area (Å²) in [5.41, 5.74) is 8.00. The highest BCUT2D eigenvalue weighted by atomic mass is 16.2. The fraction of sp³-hybridized carbons (Fsp3) is 0.409. The largest absolute Gasteiger partial charge is 0.398 e. The Morgan fingerprint density at radius 2 is 1.86 bits per heavy atom. The Morgan fingerprint density at radius 3 is 2.61 bits per heavy atom. The normalized spacial score (nSPS) is 18.9. The van der Waals surface area contributed by atoms with Crippen LogP contribution in [0.25, 0.3) is 0 Å². The number of rotatable bonds is 3. The van der Waals surface area contributed by atoms with Gasteiger partial charge >= 0.3 is 0 Å². The first-order chi connectivity index (χ1) is 13.6. The molecule has 1 spiro atoms. The van der Waals surface area contributed by atoms with Gasteiger partial charge in [-0.05, 0) is 49.4 Å². The third-order valence-electron chi connectivity index (χ3n) is 6.13.